The summed E-state index contributed by atoms with van der Waals surface area (Å²) in [7, 11) is 0. The van der Waals surface area contributed by atoms with Gasteiger partial charge in [0.1, 0.15) is 24.4 Å². The summed E-state index contributed by atoms with van der Waals surface area (Å²) in [5.41, 5.74) is 0. The maximum atomic E-state index is 13.5. The van der Waals surface area contributed by atoms with E-state index in [1.54, 1.807) is 6.08 Å². The van der Waals surface area contributed by atoms with Gasteiger partial charge in [-0.05, 0) is 96.3 Å². The SMILES string of the molecule is CCCCC/C=C\C/C=C\C/C=C\CCCCCCCCC(=O)OC1C(OCC(NC(=O)C(O)CCCCCCCCCCCCCC/C=C\C/C=C\CCCCC)C(O)/C=C/CCCCCCCCCCC)OC(CO)C(O)C1O. The minimum atomic E-state index is -1.62. The molecule has 11 heteroatoms. The molecular weight excluding hydrogens is 1010 g/mol. The Morgan fingerprint density at radius 1 is 0.481 bits per heavy atom. The third-order valence-electron chi connectivity index (χ3n) is 15.6. The molecule has 1 fully saturated rings. The van der Waals surface area contributed by atoms with E-state index in [1.807, 2.05) is 6.08 Å². The number of rotatable bonds is 57. The van der Waals surface area contributed by atoms with Gasteiger partial charge in [0.2, 0.25) is 5.91 Å². The second-order valence-electron chi connectivity index (χ2n) is 23.2. The Bertz CT molecular complexity index is 1590. The molecule has 1 amide bonds. The molecular formula is C70H125NO10. The van der Waals surface area contributed by atoms with Crippen LogP contribution in [0.5, 0.6) is 0 Å². The molecule has 0 spiro atoms. The van der Waals surface area contributed by atoms with Crippen molar-refractivity contribution in [1.29, 1.82) is 0 Å². The lowest BCUT2D eigenvalue weighted by Crippen LogP contribution is -2.61. The standard InChI is InChI=1S/C70H125NO10/c1-4-7-10-13-16-19-22-24-26-28-30-31-32-34-35-37-39-42-45-48-51-54-57-63(74)69(78)71-61(62(73)56-53-50-47-44-41-21-18-15-12-9-6-3)60-79-70-68(67(77)66(76)64(59-72)80-70)81-65(75)58-55-52-49-46-43-40-38-36-33-29-27-25-23-20-17-14-11-8-5-2/h16-17,19-20,24-27,33,36,53,56,61-64,66-68,70,72-74,76-77H,4-15,18,21-23,28-32,34-35,37-52,54-55,57-60H2,1-3H3,(H,71,78)/b19-16-,20-17-,26-24-,27-25-,36-33-,56-53+. The monoisotopic (exact) mass is 1140 g/mol. The number of aliphatic hydroxyl groups excluding tert-OH is 5. The molecule has 1 rings (SSSR count). The van der Waals surface area contributed by atoms with E-state index in [-0.39, 0.29) is 19.4 Å². The van der Waals surface area contributed by atoms with Crippen LogP contribution in [0.1, 0.15) is 297 Å². The van der Waals surface area contributed by atoms with E-state index in [4.69, 9.17) is 14.2 Å². The first-order valence-corrected chi connectivity index (χ1v) is 33.7. The minimum Gasteiger partial charge on any atom is -0.454 e. The summed E-state index contributed by atoms with van der Waals surface area (Å²) in [6, 6.07) is -1.03. The van der Waals surface area contributed by atoms with Gasteiger partial charge in [0.25, 0.3) is 0 Å². The first-order valence-electron chi connectivity index (χ1n) is 33.7. The largest absolute Gasteiger partial charge is 0.454 e. The van der Waals surface area contributed by atoms with Crippen LogP contribution in [0.15, 0.2) is 72.9 Å². The zero-order valence-electron chi connectivity index (χ0n) is 52.1. The number of nitrogens with one attached hydrogen (secondary N) is 1. The number of aliphatic hydroxyl groups is 5. The molecule has 8 atom stereocenters. The van der Waals surface area contributed by atoms with Crippen molar-refractivity contribution in [1.82, 2.24) is 5.32 Å². The highest BCUT2D eigenvalue weighted by molar-refractivity contribution is 5.80. The number of esters is 1. The Morgan fingerprint density at radius 2 is 0.852 bits per heavy atom. The summed E-state index contributed by atoms with van der Waals surface area (Å²) in [5, 5.41) is 57.1. The Labute approximate surface area is 496 Å². The highest BCUT2D eigenvalue weighted by atomic mass is 16.7. The van der Waals surface area contributed by atoms with Crippen molar-refractivity contribution in [3.63, 3.8) is 0 Å². The van der Waals surface area contributed by atoms with Crippen LogP contribution in [0, 0.1) is 0 Å². The Balaban J connectivity index is 2.61. The number of amides is 1. The normalized spacial score (nSPS) is 19.1. The van der Waals surface area contributed by atoms with Gasteiger partial charge in [0.15, 0.2) is 12.4 Å². The van der Waals surface area contributed by atoms with Crippen molar-refractivity contribution in [2.75, 3.05) is 13.2 Å². The van der Waals surface area contributed by atoms with Gasteiger partial charge in [-0.3, -0.25) is 9.59 Å². The van der Waals surface area contributed by atoms with Gasteiger partial charge in [-0.15, -0.1) is 0 Å². The zero-order valence-corrected chi connectivity index (χ0v) is 52.1. The highest BCUT2D eigenvalue weighted by Gasteiger charge is 2.47. The number of unbranched alkanes of at least 4 members (excludes halogenated alkanes) is 33. The molecule has 0 radical (unpaired) electrons. The molecule has 0 aromatic rings. The summed E-state index contributed by atoms with van der Waals surface area (Å²) in [4.78, 5) is 26.6. The second kappa shape index (κ2) is 57.5. The number of hydrogen-bond acceptors (Lipinski definition) is 10. The molecule has 1 aliphatic rings. The maximum Gasteiger partial charge on any atom is 0.306 e. The van der Waals surface area contributed by atoms with E-state index < -0.39 is 67.4 Å². The van der Waals surface area contributed by atoms with Gasteiger partial charge < -0.3 is 45.1 Å². The minimum absolute atomic E-state index is 0.108. The van der Waals surface area contributed by atoms with Crippen molar-refractivity contribution in [3.8, 4) is 0 Å². The Kier molecular flexibility index (Phi) is 54.1. The van der Waals surface area contributed by atoms with Crippen LogP contribution in [-0.2, 0) is 23.8 Å². The lowest BCUT2D eigenvalue weighted by atomic mass is 9.99. The lowest BCUT2D eigenvalue weighted by molar-refractivity contribution is -0.305. The van der Waals surface area contributed by atoms with Crippen LogP contribution in [0.3, 0.4) is 0 Å². The molecule has 0 aliphatic carbocycles. The third-order valence-corrected chi connectivity index (χ3v) is 15.6. The van der Waals surface area contributed by atoms with E-state index in [1.165, 1.54) is 154 Å². The zero-order chi connectivity index (χ0) is 58.9. The van der Waals surface area contributed by atoms with E-state index in [0.717, 1.165) is 96.3 Å². The number of hydrogen-bond donors (Lipinski definition) is 6. The smallest absolute Gasteiger partial charge is 0.306 e. The fourth-order valence-corrected chi connectivity index (χ4v) is 10.2. The first-order chi connectivity index (χ1) is 39.7. The van der Waals surface area contributed by atoms with Crippen molar-refractivity contribution >= 4 is 11.9 Å². The molecule has 1 heterocycles. The summed E-state index contributed by atoms with van der Waals surface area (Å²) in [6.07, 6.45) is 63.6. The van der Waals surface area contributed by atoms with Crippen molar-refractivity contribution < 1.29 is 49.3 Å². The number of carbonyl (C=O) groups excluding carboxylic acids is 2. The molecule has 470 valence electrons. The molecule has 0 aromatic heterocycles. The molecule has 1 aliphatic heterocycles. The van der Waals surface area contributed by atoms with Crippen LogP contribution in [-0.4, -0.2) is 99.6 Å². The molecule has 81 heavy (non-hydrogen) atoms. The predicted molar refractivity (Wildman–Crippen MR) is 338 cm³/mol. The van der Waals surface area contributed by atoms with Gasteiger partial charge in [-0.25, -0.2) is 0 Å². The van der Waals surface area contributed by atoms with Crippen molar-refractivity contribution in [3.05, 3.63) is 72.9 Å². The van der Waals surface area contributed by atoms with E-state index in [0.29, 0.717) is 12.8 Å². The van der Waals surface area contributed by atoms with Crippen LogP contribution < -0.4 is 5.32 Å². The predicted octanol–water partition coefficient (Wildman–Crippen LogP) is 16.7. The van der Waals surface area contributed by atoms with Crippen molar-refractivity contribution in [2.24, 2.45) is 0 Å². The molecule has 1 saturated heterocycles. The topological polar surface area (TPSA) is 175 Å². The number of ether oxygens (including phenoxy) is 3. The first kappa shape index (κ1) is 76.1. The summed E-state index contributed by atoms with van der Waals surface area (Å²) in [6.45, 7) is 5.74. The fourth-order valence-electron chi connectivity index (χ4n) is 10.2. The lowest BCUT2D eigenvalue weighted by Gasteiger charge is -2.41. The Morgan fingerprint density at radius 3 is 1.30 bits per heavy atom. The summed E-state index contributed by atoms with van der Waals surface area (Å²) < 4.78 is 17.6. The van der Waals surface area contributed by atoms with E-state index >= 15 is 0 Å². The average Bonchev–Trinajstić information content (AvgIpc) is 3.50. The van der Waals surface area contributed by atoms with E-state index in [2.05, 4.69) is 86.8 Å². The molecule has 0 bridgehead atoms. The van der Waals surface area contributed by atoms with Gasteiger partial charge in [0, 0.05) is 6.42 Å². The third kappa shape index (κ3) is 45.2. The van der Waals surface area contributed by atoms with Gasteiger partial charge >= 0.3 is 5.97 Å². The molecule has 11 nitrogen and oxygen atoms in total. The van der Waals surface area contributed by atoms with Gasteiger partial charge in [-0.1, -0.05) is 267 Å². The van der Waals surface area contributed by atoms with Crippen LogP contribution >= 0.6 is 0 Å². The maximum absolute atomic E-state index is 13.5. The second-order valence-corrected chi connectivity index (χ2v) is 23.2. The molecule has 8 unspecified atom stereocenters. The number of allylic oxidation sites excluding steroid dienone is 11. The van der Waals surface area contributed by atoms with Gasteiger partial charge in [-0.2, -0.15) is 0 Å². The van der Waals surface area contributed by atoms with Crippen LogP contribution in [0.25, 0.3) is 0 Å². The quantitative estimate of drug-likeness (QED) is 0.0195. The molecule has 0 aromatic carbocycles. The Hall–Kier alpha value is -2.90. The summed E-state index contributed by atoms with van der Waals surface area (Å²) >= 11 is 0. The molecule has 6 N–H and O–H groups in total. The average molecular weight is 1140 g/mol. The number of carbonyl (C=O) groups is 2. The van der Waals surface area contributed by atoms with Crippen molar-refractivity contribution in [2.45, 2.75) is 346 Å². The van der Waals surface area contributed by atoms with E-state index in [9.17, 15) is 35.1 Å². The fraction of sp³-hybridized carbons (Fsp3) is 0.800. The van der Waals surface area contributed by atoms with Crippen LogP contribution in [0.4, 0.5) is 0 Å². The summed E-state index contributed by atoms with van der Waals surface area (Å²) in [5.74, 6) is -1.20. The van der Waals surface area contributed by atoms with Gasteiger partial charge in [0.05, 0.1) is 25.4 Å². The van der Waals surface area contributed by atoms with Crippen LogP contribution in [0.2, 0.25) is 0 Å². The highest BCUT2D eigenvalue weighted by Crippen LogP contribution is 2.26. The molecule has 0 saturated carbocycles.